The molecule has 0 saturated heterocycles. The van der Waals surface area contributed by atoms with Crippen LogP contribution in [0.1, 0.15) is 11.5 Å². The van der Waals surface area contributed by atoms with Crippen molar-refractivity contribution in [3.05, 3.63) is 34.9 Å². The molecule has 1 aromatic rings. The van der Waals surface area contributed by atoms with Crippen LogP contribution in [0.4, 0.5) is 0 Å². The number of hydrogen-bond acceptors (Lipinski definition) is 4. The Morgan fingerprint density at radius 3 is 2.06 bits per heavy atom. The van der Waals surface area contributed by atoms with Gasteiger partial charge in [-0.25, -0.2) is 0 Å². The molecule has 84 valence electrons. The van der Waals surface area contributed by atoms with Crippen LogP contribution in [0.25, 0.3) is 0 Å². The third-order valence-electron chi connectivity index (χ3n) is 2.07. The second-order valence-electron chi connectivity index (χ2n) is 3.28. The van der Waals surface area contributed by atoms with Crippen LogP contribution in [0, 0.1) is 0 Å². The van der Waals surface area contributed by atoms with Crippen molar-refractivity contribution in [1.82, 2.24) is 0 Å². The molecule has 8 heteroatoms. The van der Waals surface area contributed by atoms with Crippen molar-refractivity contribution < 1.29 is 73.5 Å². The fourth-order valence-electron chi connectivity index (χ4n) is 1.32. The van der Waals surface area contributed by atoms with Crippen LogP contribution in [-0.4, -0.2) is 12.7 Å². The van der Waals surface area contributed by atoms with E-state index in [4.69, 9.17) is 17.3 Å². The fraction of sp³-hybridized carbons (Fsp3) is 0.333. The Morgan fingerprint density at radius 1 is 1.24 bits per heavy atom. The van der Waals surface area contributed by atoms with Gasteiger partial charge in [-0.05, 0) is 30.4 Å². The van der Waals surface area contributed by atoms with Crippen LogP contribution in [0.2, 0.25) is 5.02 Å². The van der Waals surface area contributed by atoms with Gasteiger partial charge in [-0.3, -0.25) is 0 Å². The molecule has 2 N–H and O–H groups in total. The van der Waals surface area contributed by atoms with E-state index in [1.807, 2.05) is 0 Å². The third kappa shape index (κ3) is 8.40. The average molecular weight is 294 g/mol. The molecule has 0 fully saturated rings. The van der Waals surface area contributed by atoms with Gasteiger partial charge in [0, 0.05) is 10.9 Å². The van der Waals surface area contributed by atoms with Gasteiger partial charge in [0.1, 0.15) is 0 Å². The summed E-state index contributed by atoms with van der Waals surface area (Å²) in [6, 6.07) is 6.63. The van der Waals surface area contributed by atoms with Crippen molar-refractivity contribution in [2.45, 2.75) is 5.92 Å². The molecule has 0 saturated carbocycles. The zero-order chi connectivity index (χ0) is 11.5. The summed E-state index contributed by atoms with van der Waals surface area (Å²) in [6.07, 6.45) is -0.453. The van der Waals surface area contributed by atoms with Crippen molar-refractivity contribution in [2.24, 2.45) is 5.73 Å². The fourth-order valence-corrected chi connectivity index (χ4v) is 2.35. The van der Waals surface area contributed by atoms with E-state index >= 15 is 0 Å². The number of benzene rings is 1. The minimum Gasteiger partial charge on any atom is -0.811 e. The molecule has 1 rings (SSSR count). The Kier molecular flexibility index (Phi) is 11.7. The quantitative estimate of drug-likeness (QED) is 0.443. The summed E-state index contributed by atoms with van der Waals surface area (Å²) in [7, 11) is -4.53. The van der Waals surface area contributed by atoms with Gasteiger partial charge in [-0.1, -0.05) is 31.3 Å². The molecule has 1 unspecified atom stereocenters. The molecule has 1 aromatic carbocycles. The Morgan fingerprint density at radius 2 is 1.71 bits per heavy atom. The van der Waals surface area contributed by atoms with E-state index < -0.39 is 19.7 Å². The SMILES string of the molecule is NCC(CP(=O)([O-])[O-])c1ccc(Cl)cc1.[Na+].[Na+]. The van der Waals surface area contributed by atoms with Crippen LogP contribution in [-0.2, 0) is 4.57 Å². The molecule has 1 atom stereocenters. The Balaban J connectivity index is 0. The zero-order valence-corrected chi connectivity index (χ0v) is 15.6. The van der Waals surface area contributed by atoms with Crippen LogP contribution >= 0.6 is 19.2 Å². The van der Waals surface area contributed by atoms with Crippen LogP contribution in [0.5, 0.6) is 0 Å². The number of halogens is 1. The van der Waals surface area contributed by atoms with E-state index in [0.29, 0.717) is 10.6 Å². The van der Waals surface area contributed by atoms with Crippen LogP contribution < -0.4 is 74.6 Å². The standard InChI is InChI=1S/C9H13ClNO3P.2Na/c10-9-3-1-7(2-4-9)8(5-11)6-15(12,13)14;;/h1-4,8H,5-6,11H2,(H2,12,13,14);;/q;2*+1/p-2. The largest absolute Gasteiger partial charge is 1.00 e. The maximum Gasteiger partial charge on any atom is 1.00 e. The van der Waals surface area contributed by atoms with Gasteiger partial charge in [0.25, 0.3) is 0 Å². The first-order chi connectivity index (χ1) is 6.92. The van der Waals surface area contributed by atoms with Crippen LogP contribution in [0.3, 0.4) is 0 Å². The van der Waals surface area contributed by atoms with E-state index in [2.05, 4.69) is 0 Å². The summed E-state index contributed by atoms with van der Waals surface area (Å²) in [4.78, 5) is 21.3. The topological polar surface area (TPSA) is 89.2 Å². The molecule has 4 nitrogen and oxygen atoms in total. The molecule has 0 aliphatic carbocycles. The molecule has 0 aliphatic rings. The number of rotatable bonds is 4. The van der Waals surface area contributed by atoms with Gasteiger partial charge in [-0.2, -0.15) is 0 Å². The molecule has 0 spiro atoms. The van der Waals surface area contributed by atoms with Gasteiger partial charge in [0.05, 0.1) is 0 Å². The molecule has 17 heavy (non-hydrogen) atoms. The third-order valence-corrected chi connectivity index (χ3v) is 3.21. The predicted octanol–water partition coefficient (Wildman–Crippen LogP) is -5.70. The maximum absolute atomic E-state index is 10.6. The molecule has 0 radical (unpaired) electrons. The van der Waals surface area contributed by atoms with E-state index in [0.717, 1.165) is 0 Å². The van der Waals surface area contributed by atoms with Crippen molar-refractivity contribution in [3.63, 3.8) is 0 Å². The zero-order valence-electron chi connectivity index (χ0n) is 9.93. The summed E-state index contributed by atoms with van der Waals surface area (Å²) in [5, 5.41) is 0.557. The van der Waals surface area contributed by atoms with E-state index in [9.17, 15) is 14.4 Å². The number of nitrogens with two attached hydrogens (primary N) is 1. The first kappa shape index (κ1) is 20.9. The van der Waals surface area contributed by atoms with Crippen molar-refractivity contribution >= 4 is 19.2 Å². The van der Waals surface area contributed by atoms with Crippen molar-refractivity contribution in [1.29, 1.82) is 0 Å². The van der Waals surface area contributed by atoms with Gasteiger partial charge in [0.15, 0.2) is 0 Å². The smallest absolute Gasteiger partial charge is 0.811 e. The molecule has 0 bridgehead atoms. The van der Waals surface area contributed by atoms with Crippen LogP contribution in [0.15, 0.2) is 24.3 Å². The minimum absolute atomic E-state index is 0. The summed E-state index contributed by atoms with van der Waals surface area (Å²) in [6.45, 7) is 0.121. The van der Waals surface area contributed by atoms with E-state index in [-0.39, 0.29) is 65.7 Å². The minimum atomic E-state index is -4.53. The van der Waals surface area contributed by atoms with E-state index in [1.54, 1.807) is 24.3 Å². The van der Waals surface area contributed by atoms with Gasteiger partial charge < -0.3 is 20.1 Å². The maximum atomic E-state index is 10.6. The van der Waals surface area contributed by atoms with Crippen molar-refractivity contribution in [3.8, 4) is 0 Å². The molecular weight excluding hydrogens is 283 g/mol. The normalized spacial score (nSPS) is 12.2. The summed E-state index contributed by atoms with van der Waals surface area (Å²) in [5.74, 6) is -0.455. The Bertz CT molecular complexity index is 371. The summed E-state index contributed by atoms with van der Waals surface area (Å²) >= 11 is 5.68. The second kappa shape index (κ2) is 9.51. The van der Waals surface area contributed by atoms with Crippen molar-refractivity contribution in [2.75, 3.05) is 12.7 Å². The average Bonchev–Trinajstić information content (AvgIpc) is 2.14. The molecule has 0 aliphatic heterocycles. The van der Waals surface area contributed by atoms with Gasteiger partial charge in [0.2, 0.25) is 0 Å². The Hall–Kier alpha value is 1.62. The van der Waals surface area contributed by atoms with E-state index in [1.165, 1.54) is 0 Å². The van der Waals surface area contributed by atoms with Gasteiger partial charge >= 0.3 is 59.1 Å². The Labute approximate surface area is 150 Å². The summed E-state index contributed by atoms with van der Waals surface area (Å²) < 4.78 is 10.6. The second-order valence-corrected chi connectivity index (χ2v) is 5.30. The summed E-state index contributed by atoms with van der Waals surface area (Å²) in [5.41, 5.74) is 6.13. The molecule has 0 aromatic heterocycles. The van der Waals surface area contributed by atoms with Gasteiger partial charge in [-0.15, -0.1) is 0 Å². The first-order valence-electron chi connectivity index (χ1n) is 4.39. The molecule has 0 heterocycles. The predicted molar refractivity (Wildman–Crippen MR) is 55.7 cm³/mol. The monoisotopic (exact) mass is 293 g/mol. The first-order valence-corrected chi connectivity index (χ1v) is 6.49. The molecule has 0 amide bonds. The number of hydrogen-bond donors (Lipinski definition) is 1. The molecular formula is C9H11ClNNa2O3P.